The van der Waals surface area contributed by atoms with Crippen molar-refractivity contribution in [3.8, 4) is 0 Å². The molecule has 1 aromatic carbocycles. The maximum atomic E-state index is 12.6. The van der Waals surface area contributed by atoms with E-state index in [4.69, 9.17) is 16.3 Å². The van der Waals surface area contributed by atoms with Crippen LogP contribution >= 0.6 is 27.5 Å². The summed E-state index contributed by atoms with van der Waals surface area (Å²) in [4.78, 5) is 24.5. The molecule has 1 fully saturated rings. The highest BCUT2D eigenvalue weighted by atomic mass is 79.9. The van der Waals surface area contributed by atoms with Crippen molar-refractivity contribution in [2.24, 2.45) is 0 Å². The molecule has 1 aliphatic heterocycles. The zero-order valence-electron chi connectivity index (χ0n) is 11.3. The summed E-state index contributed by atoms with van der Waals surface area (Å²) in [6, 6.07) is 3.83. The van der Waals surface area contributed by atoms with Gasteiger partial charge in [0.15, 0.2) is 0 Å². The summed E-state index contributed by atoms with van der Waals surface area (Å²) in [7, 11) is 0. The van der Waals surface area contributed by atoms with E-state index in [2.05, 4.69) is 15.9 Å². The van der Waals surface area contributed by atoms with Gasteiger partial charge in [-0.05, 0) is 13.0 Å². The molecule has 21 heavy (non-hydrogen) atoms. The lowest BCUT2D eigenvalue weighted by Gasteiger charge is -2.37. The van der Waals surface area contributed by atoms with Crippen molar-refractivity contribution in [1.82, 2.24) is 4.90 Å². The standard InChI is InChI=1S/C13H14BrClN2O4/c1-8-7-21-12(5-14)6-16(8)13(18)9-2-10(15)4-11(3-9)17(19)20/h2-4,8,12H,5-7H2,1H3. The van der Waals surface area contributed by atoms with Crippen LogP contribution in [0, 0.1) is 10.1 Å². The third-order valence-electron chi connectivity index (χ3n) is 3.28. The first-order valence-corrected chi connectivity index (χ1v) is 7.86. The number of nitro groups is 1. The van der Waals surface area contributed by atoms with Gasteiger partial charge in [-0.1, -0.05) is 27.5 Å². The van der Waals surface area contributed by atoms with Crippen LogP contribution in [0.4, 0.5) is 5.69 Å². The van der Waals surface area contributed by atoms with E-state index in [-0.39, 0.29) is 34.3 Å². The van der Waals surface area contributed by atoms with Crippen molar-refractivity contribution in [3.63, 3.8) is 0 Å². The normalized spacial score (nSPS) is 22.1. The molecule has 2 atom stereocenters. The van der Waals surface area contributed by atoms with Crippen molar-refractivity contribution < 1.29 is 14.5 Å². The number of carbonyl (C=O) groups is 1. The number of nitro benzene ring substituents is 1. The van der Waals surface area contributed by atoms with Gasteiger partial charge in [0, 0.05) is 34.6 Å². The number of carbonyl (C=O) groups excluding carboxylic acids is 1. The average molecular weight is 378 g/mol. The predicted octanol–water partition coefficient (Wildman–Crippen LogP) is 2.87. The van der Waals surface area contributed by atoms with Crippen LogP contribution in [0.5, 0.6) is 0 Å². The van der Waals surface area contributed by atoms with Crippen molar-refractivity contribution in [1.29, 1.82) is 0 Å². The van der Waals surface area contributed by atoms with Crippen LogP contribution in [0.15, 0.2) is 18.2 Å². The molecule has 2 rings (SSSR count). The largest absolute Gasteiger partial charge is 0.373 e. The molecule has 114 valence electrons. The number of hydrogen-bond acceptors (Lipinski definition) is 4. The molecule has 0 saturated carbocycles. The molecule has 0 spiro atoms. The Morgan fingerprint density at radius 3 is 2.90 bits per heavy atom. The van der Waals surface area contributed by atoms with Gasteiger partial charge in [-0.25, -0.2) is 0 Å². The van der Waals surface area contributed by atoms with Crippen LogP contribution in [-0.2, 0) is 4.74 Å². The number of morpholine rings is 1. The minimum Gasteiger partial charge on any atom is -0.373 e. The van der Waals surface area contributed by atoms with Gasteiger partial charge < -0.3 is 9.64 Å². The second-order valence-electron chi connectivity index (χ2n) is 4.87. The number of halogens is 2. The van der Waals surface area contributed by atoms with Crippen LogP contribution in [0.1, 0.15) is 17.3 Å². The highest BCUT2D eigenvalue weighted by Crippen LogP contribution is 2.24. The Kier molecular flexibility index (Phi) is 5.18. The Bertz CT molecular complexity index is 569. The lowest BCUT2D eigenvalue weighted by Crippen LogP contribution is -2.51. The van der Waals surface area contributed by atoms with Gasteiger partial charge >= 0.3 is 0 Å². The Labute approximate surface area is 135 Å². The van der Waals surface area contributed by atoms with Crippen LogP contribution in [0.3, 0.4) is 0 Å². The van der Waals surface area contributed by atoms with Gasteiger partial charge in [-0.2, -0.15) is 0 Å². The number of rotatable bonds is 3. The number of ether oxygens (including phenoxy) is 1. The smallest absolute Gasteiger partial charge is 0.271 e. The van der Waals surface area contributed by atoms with Gasteiger partial charge in [0.2, 0.25) is 0 Å². The van der Waals surface area contributed by atoms with E-state index in [9.17, 15) is 14.9 Å². The molecule has 8 heteroatoms. The maximum Gasteiger partial charge on any atom is 0.271 e. The van der Waals surface area contributed by atoms with Gasteiger partial charge in [0.1, 0.15) is 0 Å². The lowest BCUT2D eigenvalue weighted by molar-refractivity contribution is -0.384. The van der Waals surface area contributed by atoms with E-state index < -0.39 is 4.92 Å². The molecule has 0 bridgehead atoms. The van der Waals surface area contributed by atoms with Crippen LogP contribution in [0.2, 0.25) is 5.02 Å². The van der Waals surface area contributed by atoms with Gasteiger partial charge in [-0.15, -0.1) is 0 Å². The fraction of sp³-hybridized carbons (Fsp3) is 0.462. The highest BCUT2D eigenvalue weighted by Gasteiger charge is 2.30. The minimum absolute atomic E-state index is 0.0840. The number of hydrogen-bond donors (Lipinski definition) is 0. The van der Waals surface area contributed by atoms with Crippen molar-refractivity contribution in [2.75, 3.05) is 18.5 Å². The minimum atomic E-state index is -0.563. The SMILES string of the molecule is CC1COC(CBr)CN1C(=O)c1cc(Cl)cc([N+](=O)[O-])c1. The topological polar surface area (TPSA) is 72.7 Å². The Morgan fingerprint density at radius 2 is 2.29 bits per heavy atom. The molecule has 0 aliphatic carbocycles. The summed E-state index contributed by atoms with van der Waals surface area (Å²) in [5.41, 5.74) is 0.0278. The van der Waals surface area contributed by atoms with Crippen LogP contribution < -0.4 is 0 Å². The summed E-state index contributed by atoms with van der Waals surface area (Å²) >= 11 is 9.19. The maximum absolute atomic E-state index is 12.6. The fourth-order valence-corrected chi connectivity index (χ4v) is 2.78. The van der Waals surface area contributed by atoms with E-state index in [0.29, 0.717) is 18.5 Å². The summed E-state index contributed by atoms with van der Waals surface area (Å²) in [5, 5.41) is 11.7. The quantitative estimate of drug-likeness (QED) is 0.461. The van der Waals surface area contributed by atoms with E-state index in [0.717, 1.165) is 0 Å². The van der Waals surface area contributed by atoms with Crippen molar-refractivity contribution >= 4 is 39.1 Å². The predicted molar refractivity (Wildman–Crippen MR) is 82.1 cm³/mol. The molecule has 1 aliphatic rings. The summed E-state index contributed by atoms with van der Waals surface area (Å²) in [6.45, 7) is 2.75. The lowest BCUT2D eigenvalue weighted by atomic mass is 10.1. The first kappa shape index (κ1) is 16.2. The molecule has 1 heterocycles. The number of nitrogens with zero attached hydrogens (tertiary/aromatic N) is 2. The number of benzene rings is 1. The van der Waals surface area contributed by atoms with E-state index >= 15 is 0 Å². The van der Waals surface area contributed by atoms with Crippen LogP contribution in [0.25, 0.3) is 0 Å². The molecular weight excluding hydrogens is 364 g/mol. The Balaban J connectivity index is 2.28. The summed E-state index contributed by atoms with van der Waals surface area (Å²) in [5.74, 6) is -0.276. The first-order chi connectivity index (χ1) is 9.92. The molecule has 1 aromatic rings. The molecule has 1 saturated heterocycles. The molecule has 0 aromatic heterocycles. The summed E-state index contributed by atoms with van der Waals surface area (Å²) < 4.78 is 5.57. The third kappa shape index (κ3) is 3.72. The van der Waals surface area contributed by atoms with E-state index in [1.807, 2.05) is 6.92 Å². The molecule has 0 radical (unpaired) electrons. The molecule has 6 nitrogen and oxygen atoms in total. The number of alkyl halides is 1. The number of non-ortho nitro benzene ring substituents is 1. The number of amides is 1. The molecular formula is C13H14BrClN2O4. The first-order valence-electron chi connectivity index (χ1n) is 6.36. The molecule has 0 N–H and O–H groups in total. The molecule has 2 unspecified atom stereocenters. The zero-order chi connectivity index (χ0) is 15.6. The van der Waals surface area contributed by atoms with Crippen molar-refractivity contribution in [3.05, 3.63) is 38.9 Å². The zero-order valence-corrected chi connectivity index (χ0v) is 13.6. The average Bonchev–Trinajstić information content (AvgIpc) is 2.46. The highest BCUT2D eigenvalue weighted by molar-refractivity contribution is 9.09. The van der Waals surface area contributed by atoms with Gasteiger partial charge in [0.25, 0.3) is 11.6 Å². The Morgan fingerprint density at radius 1 is 1.57 bits per heavy atom. The summed E-state index contributed by atoms with van der Waals surface area (Å²) in [6.07, 6.45) is -0.0840. The second-order valence-corrected chi connectivity index (χ2v) is 5.96. The Hall–Kier alpha value is -1.18. The van der Waals surface area contributed by atoms with E-state index in [1.54, 1.807) is 4.90 Å². The second kappa shape index (κ2) is 6.72. The van der Waals surface area contributed by atoms with E-state index in [1.165, 1.54) is 18.2 Å². The van der Waals surface area contributed by atoms with Crippen molar-refractivity contribution in [2.45, 2.75) is 19.1 Å². The van der Waals surface area contributed by atoms with Gasteiger partial charge in [0.05, 0.1) is 23.7 Å². The fourth-order valence-electron chi connectivity index (χ4n) is 2.16. The molecule has 1 amide bonds. The van der Waals surface area contributed by atoms with Crippen LogP contribution in [-0.4, -0.2) is 46.4 Å². The monoisotopic (exact) mass is 376 g/mol. The van der Waals surface area contributed by atoms with Gasteiger partial charge in [-0.3, -0.25) is 14.9 Å². The third-order valence-corrected chi connectivity index (χ3v) is 4.22.